The molecule has 2 aromatic rings. The van der Waals surface area contributed by atoms with E-state index in [1.165, 1.54) is 21.7 Å². The molecule has 1 aliphatic heterocycles. The van der Waals surface area contributed by atoms with Crippen LogP contribution in [0.25, 0.3) is 11.3 Å². The normalized spacial score (nSPS) is 13.5. The summed E-state index contributed by atoms with van der Waals surface area (Å²) in [5.41, 5.74) is 3.94. The molecule has 70 valence electrons. The smallest absolute Gasteiger partial charge is 0.0730 e. The van der Waals surface area contributed by atoms with Gasteiger partial charge in [-0.15, -0.1) is 11.8 Å². The highest BCUT2D eigenvalue weighted by Gasteiger charge is 2.19. The maximum absolute atomic E-state index is 4.30. The van der Waals surface area contributed by atoms with Gasteiger partial charge in [-0.2, -0.15) is 5.10 Å². The quantitative estimate of drug-likeness (QED) is 0.653. The zero-order chi connectivity index (χ0) is 9.54. The summed E-state index contributed by atoms with van der Waals surface area (Å²) in [6.07, 6.45) is 1.97. The maximum atomic E-state index is 4.30. The molecule has 0 bridgehead atoms. The highest BCUT2D eigenvalue weighted by molar-refractivity contribution is 7.98. The van der Waals surface area contributed by atoms with Crippen molar-refractivity contribution >= 4 is 11.8 Å². The highest BCUT2D eigenvalue weighted by atomic mass is 32.2. The van der Waals surface area contributed by atoms with Crippen molar-refractivity contribution in [1.82, 2.24) is 9.78 Å². The molecule has 2 heterocycles. The van der Waals surface area contributed by atoms with Crippen LogP contribution < -0.4 is 0 Å². The third-order valence-corrected chi connectivity index (χ3v) is 3.66. The Kier molecular flexibility index (Phi) is 1.67. The van der Waals surface area contributed by atoms with Crippen molar-refractivity contribution in [2.75, 3.05) is 0 Å². The molecule has 1 aromatic heterocycles. The summed E-state index contributed by atoms with van der Waals surface area (Å²) in [6.45, 7) is 0. The van der Waals surface area contributed by atoms with Gasteiger partial charge in [-0.05, 0) is 6.07 Å². The zero-order valence-electron chi connectivity index (χ0n) is 7.90. The van der Waals surface area contributed by atoms with Crippen molar-refractivity contribution in [2.45, 2.75) is 10.6 Å². The number of aromatic nitrogens is 2. The minimum Gasteiger partial charge on any atom is -0.268 e. The average Bonchev–Trinajstić information content (AvgIpc) is 2.61. The Balaban J connectivity index is 2.32. The molecule has 3 rings (SSSR count). The van der Waals surface area contributed by atoms with Crippen LogP contribution in [-0.2, 0) is 12.8 Å². The molecule has 0 saturated carbocycles. The minimum absolute atomic E-state index is 1.04. The van der Waals surface area contributed by atoms with Crippen molar-refractivity contribution in [3.8, 4) is 11.3 Å². The first kappa shape index (κ1) is 8.12. The number of aryl methyl sites for hydroxylation is 1. The molecule has 0 N–H and O–H groups in total. The van der Waals surface area contributed by atoms with E-state index in [4.69, 9.17) is 0 Å². The summed E-state index contributed by atoms with van der Waals surface area (Å²) in [4.78, 5) is 1.36. The first-order valence-corrected chi connectivity index (χ1v) is 5.58. The molecule has 0 unspecified atom stereocenters. The zero-order valence-corrected chi connectivity index (χ0v) is 8.71. The van der Waals surface area contributed by atoms with Gasteiger partial charge in [0.05, 0.1) is 11.9 Å². The second-order valence-corrected chi connectivity index (χ2v) is 4.44. The number of thioether (sulfide) groups is 1. The van der Waals surface area contributed by atoms with Crippen LogP contribution in [0.4, 0.5) is 0 Å². The Morgan fingerprint density at radius 2 is 2.21 bits per heavy atom. The Morgan fingerprint density at radius 1 is 1.36 bits per heavy atom. The molecule has 0 aliphatic carbocycles. The van der Waals surface area contributed by atoms with Gasteiger partial charge in [0.25, 0.3) is 0 Å². The van der Waals surface area contributed by atoms with Crippen LogP contribution in [-0.4, -0.2) is 9.78 Å². The number of rotatable bonds is 0. The third kappa shape index (κ3) is 1.02. The average molecular weight is 202 g/mol. The van der Waals surface area contributed by atoms with Crippen molar-refractivity contribution in [1.29, 1.82) is 0 Å². The van der Waals surface area contributed by atoms with E-state index < -0.39 is 0 Å². The minimum atomic E-state index is 1.04. The lowest BCUT2D eigenvalue weighted by Gasteiger charge is -2.16. The molecular weight excluding hydrogens is 192 g/mol. The van der Waals surface area contributed by atoms with Crippen molar-refractivity contribution in [3.05, 3.63) is 36.0 Å². The van der Waals surface area contributed by atoms with E-state index in [0.29, 0.717) is 0 Å². The number of hydrogen-bond acceptors (Lipinski definition) is 2. The lowest BCUT2D eigenvalue weighted by Crippen LogP contribution is -1.99. The maximum Gasteiger partial charge on any atom is 0.0730 e. The van der Waals surface area contributed by atoms with Gasteiger partial charge in [0.1, 0.15) is 0 Å². The summed E-state index contributed by atoms with van der Waals surface area (Å²) in [5, 5.41) is 4.30. The fraction of sp³-hybridized carbons (Fsp3) is 0.182. The van der Waals surface area contributed by atoms with E-state index >= 15 is 0 Å². The topological polar surface area (TPSA) is 17.8 Å². The summed E-state index contributed by atoms with van der Waals surface area (Å²) >= 11 is 1.89. The van der Waals surface area contributed by atoms with Crippen LogP contribution in [0.5, 0.6) is 0 Å². The second-order valence-electron chi connectivity index (χ2n) is 3.43. The number of nitrogens with zero attached hydrogens (tertiary/aromatic N) is 2. The molecule has 3 heteroatoms. The monoisotopic (exact) mass is 202 g/mol. The van der Waals surface area contributed by atoms with Gasteiger partial charge in [-0.3, -0.25) is 4.68 Å². The molecular formula is C11H10N2S. The first-order valence-electron chi connectivity index (χ1n) is 4.59. The molecule has 14 heavy (non-hydrogen) atoms. The van der Waals surface area contributed by atoms with Gasteiger partial charge in [-0.1, -0.05) is 18.2 Å². The van der Waals surface area contributed by atoms with Crippen molar-refractivity contribution < 1.29 is 0 Å². The summed E-state index contributed by atoms with van der Waals surface area (Å²) < 4.78 is 1.97. The fourth-order valence-electron chi connectivity index (χ4n) is 1.88. The predicted octanol–water partition coefficient (Wildman–Crippen LogP) is 2.69. The van der Waals surface area contributed by atoms with E-state index in [9.17, 15) is 0 Å². The van der Waals surface area contributed by atoms with Crippen LogP contribution in [0.15, 0.2) is 35.4 Å². The summed E-state index contributed by atoms with van der Waals surface area (Å²) in [6, 6.07) is 8.52. The molecule has 0 amide bonds. The molecule has 0 atom stereocenters. The van der Waals surface area contributed by atoms with E-state index in [2.05, 4.69) is 29.4 Å². The van der Waals surface area contributed by atoms with Gasteiger partial charge >= 0.3 is 0 Å². The van der Waals surface area contributed by atoms with Gasteiger partial charge in [-0.25, -0.2) is 0 Å². The number of fused-ring (bicyclic) bond motifs is 3. The van der Waals surface area contributed by atoms with Crippen molar-refractivity contribution in [2.24, 2.45) is 7.05 Å². The Bertz CT molecular complexity index is 488. The third-order valence-electron chi connectivity index (χ3n) is 2.54. The summed E-state index contributed by atoms with van der Waals surface area (Å²) in [7, 11) is 2.01. The van der Waals surface area contributed by atoms with Gasteiger partial charge in [0.15, 0.2) is 0 Å². The van der Waals surface area contributed by atoms with Gasteiger partial charge < -0.3 is 0 Å². The molecule has 1 aromatic carbocycles. The fourth-order valence-corrected chi connectivity index (χ4v) is 2.90. The van der Waals surface area contributed by atoms with E-state index in [0.717, 1.165) is 5.75 Å². The number of benzene rings is 1. The van der Waals surface area contributed by atoms with Gasteiger partial charge in [0, 0.05) is 28.8 Å². The number of hydrogen-bond donors (Lipinski definition) is 0. The van der Waals surface area contributed by atoms with Crippen LogP contribution in [0.3, 0.4) is 0 Å². The standard InChI is InChI=1S/C11H10N2S/c1-13-11-8(6-12-13)7-14-10-5-3-2-4-9(10)11/h2-6H,7H2,1H3. The second kappa shape index (κ2) is 2.89. The molecule has 0 radical (unpaired) electrons. The van der Waals surface area contributed by atoms with Crippen LogP contribution in [0, 0.1) is 0 Å². The van der Waals surface area contributed by atoms with Crippen LogP contribution >= 0.6 is 11.8 Å². The molecule has 0 spiro atoms. The largest absolute Gasteiger partial charge is 0.268 e. The molecule has 1 aliphatic rings. The van der Waals surface area contributed by atoms with Crippen LogP contribution in [0.1, 0.15) is 5.56 Å². The Labute approximate surface area is 86.9 Å². The highest BCUT2D eigenvalue weighted by Crippen LogP contribution is 2.40. The van der Waals surface area contributed by atoms with E-state index in [1.807, 2.05) is 29.7 Å². The Hall–Kier alpha value is -1.22. The van der Waals surface area contributed by atoms with Crippen LogP contribution in [0.2, 0.25) is 0 Å². The predicted molar refractivity (Wildman–Crippen MR) is 58.2 cm³/mol. The van der Waals surface area contributed by atoms with E-state index in [-0.39, 0.29) is 0 Å². The lowest BCUT2D eigenvalue weighted by molar-refractivity contribution is 0.774. The van der Waals surface area contributed by atoms with E-state index in [1.54, 1.807) is 0 Å². The van der Waals surface area contributed by atoms with Gasteiger partial charge in [0.2, 0.25) is 0 Å². The summed E-state index contributed by atoms with van der Waals surface area (Å²) in [5.74, 6) is 1.04. The molecule has 2 nitrogen and oxygen atoms in total. The first-order chi connectivity index (χ1) is 6.86. The lowest BCUT2D eigenvalue weighted by atomic mass is 10.1. The SMILES string of the molecule is Cn1ncc2c1-c1ccccc1SC2. The Morgan fingerprint density at radius 3 is 3.14 bits per heavy atom. The molecule has 0 fully saturated rings. The molecule has 0 saturated heterocycles. The van der Waals surface area contributed by atoms with Crippen molar-refractivity contribution in [3.63, 3.8) is 0 Å².